The summed E-state index contributed by atoms with van der Waals surface area (Å²) < 4.78 is 5.79. The van der Waals surface area contributed by atoms with Crippen LogP contribution in [0.2, 0.25) is 10.0 Å². The third kappa shape index (κ3) is 4.99. The average Bonchev–Trinajstić information content (AvgIpc) is 3.54. The van der Waals surface area contributed by atoms with Gasteiger partial charge in [-0.2, -0.15) is 4.80 Å². The summed E-state index contributed by atoms with van der Waals surface area (Å²) >= 11 is 12.4. The lowest BCUT2D eigenvalue weighted by Gasteiger charge is -2.22. The summed E-state index contributed by atoms with van der Waals surface area (Å²) in [5.41, 5.74) is 6.67. The maximum absolute atomic E-state index is 13.0. The van der Waals surface area contributed by atoms with Crippen molar-refractivity contribution in [1.29, 1.82) is 0 Å². The summed E-state index contributed by atoms with van der Waals surface area (Å²) in [6, 6.07) is 18.4. The Morgan fingerprint density at radius 1 is 0.921 bits per heavy atom. The Morgan fingerprint density at radius 3 is 2.37 bits per heavy atom. The van der Waals surface area contributed by atoms with Gasteiger partial charge in [0.25, 0.3) is 5.91 Å². The first-order valence-corrected chi connectivity index (χ1v) is 13.1. The van der Waals surface area contributed by atoms with Crippen LogP contribution in [0.15, 0.2) is 65.1 Å². The van der Waals surface area contributed by atoms with E-state index < -0.39 is 0 Å². The van der Waals surface area contributed by atoms with E-state index in [9.17, 15) is 4.79 Å². The number of aromatic nitrogens is 3. The second kappa shape index (κ2) is 10.5. The Hall–Kier alpha value is -3.81. The van der Waals surface area contributed by atoms with E-state index >= 15 is 0 Å². The smallest absolute Gasteiger partial charge is 0.291 e. The molecular weight excluding hydrogens is 521 g/mol. The molecule has 0 atom stereocenters. The maximum atomic E-state index is 13.0. The molecule has 194 valence electrons. The molecule has 0 saturated heterocycles. The number of amides is 1. The molecule has 0 radical (unpaired) electrons. The van der Waals surface area contributed by atoms with Crippen molar-refractivity contribution in [3.05, 3.63) is 87.6 Å². The Morgan fingerprint density at radius 2 is 1.66 bits per heavy atom. The van der Waals surface area contributed by atoms with E-state index in [4.69, 9.17) is 32.7 Å². The molecule has 5 rings (SSSR count). The van der Waals surface area contributed by atoms with Gasteiger partial charge in [-0.3, -0.25) is 4.79 Å². The molecular formula is C29H27Cl2N5O2. The molecule has 2 heterocycles. The van der Waals surface area contributed by atoms with Crippen LogP contribution in [0.4, 0.5) is 11.4 Å². The molecule has 3 aromatic carbocycles. The summed E-state index contributed by atoms with van der Waals surface area (Å²) in [6.07, 6.45) is 0. The van der Waals surface area contributed by atoms with Crippen molar-refractivity contribution in [2.24, 2.45) is 0 Å². The van der Waals surface area contributed by atoms with Gasteiger partial charge in [0.2, 0.25) is 0 Å². The number of benzene rings is 3. The minimum atomic E-state index is -0.382. The van der Waals surface area contributed by atoms with E-state index in [1.807, 2.05) is 25.1 Å². The van der Waals surface area contributed by atoms with Crippen molar-refractivity contribution >= 4 is 51.5 Å². The molecule has 0 unspecified atom stereocenters. The molecule has 9 heteroatoms. The van der Waals surface area contributed by atoms with Crippen LogP contribution < -0.4 is 10.2 Å². The Balaban J connectivity index is 1.40. The minimum Gasteiger partial charge on any atom is -0.451 e. The maximum Gasteiger partial charge on any atom is 0.291 e. The Bertz CT molecular complexity index is 1650. The molecule has 0 spiro atoms. The molecule has 0 aliphatic carbocycles. The van der Waals surface area contributed by atoms with Crippen molar-refractivity contribution < 1.29 is 9.21 Å². The number of furan rings is 1. The van der Waals surface area contributed by atoms with E-state index in [1.54, 1.807) is 35.1 Å². The van der Waals surface area contributed by atoms with Crippen LogP contribution in [0.25, 0.3) is 28.0 Å². The summed E-state index contributed by atoms with van der Waals surface area (Å²) in [5, 5.41) is 13.3. The van der Waals surface area contributed by atoms with Gasteiger partial charge in [-0.25, -0.2) is 0 Å². The van der Waals surface area contributed by atoms with Crippen molar-refractivity contribution in [1.82, 2.24) is 15.0 Å². The molecule has 38 heavy (non-hydrogen) atoms. The number of hydrogen-bond donors (Lipinski definition) is 1. The van der Waals surface area contributed by atoms with Gasteiger partial charge in [-0.05, 0) is 99.5 Å². The number of nitrogens with zero attached hydrogens (tertiary/aromatic N) is 4. The van der Waals surface area contributed by atoms with E-state index in [-0.39, 0.29) is 11.7 Å². The summed E-state index contributed by atoms with van der Waals surface area (Å²) in [7, 11) is 0. The molecule has 0 aliphatic rings. The molecule has 1 N–H and O–H groups in total. The largest absolute Gasteiger partial charge is 0.451 e. The molecule has 0 bridgehead atoms. The fourth-order valence-corrected chi connectivity index (χ4v) is 4.82. The van der Waals surface area contributed by atoms with E-state index in [1.165, 1.54) is 5.69 Å². The van der Waals surface area contributed by atoms with Crippen LogP contribution in [0, 0.1) is 13.8 Å². The first-order valence-electron chi connectivity index (χ1n) is 12.4. The van der Waals surface area contributed by atoms with Crippen molar-refractivity contribution in [3.8, 4) is 17.0 Å². The predicted octanol–water partition coefficient (Wildman–Crippen LogP) is 7.70. The highest BCUT2D eigenvalue weighted by molar-refractivity contribution is 6.35. The van der Waals surface area contributed by atoms with E-state index in [0.29, 0.717) is 32.6 Å². The van der Waals surface area contributed by atoms with Gasteiger partial charge in [0.05, 0.1) is 10.7 Å². The summed E-state index contributed by atoms with van der Waals surface area (Å²) in [6.45, 7) is 10.2. The molecule has 0 aliphatic heterocycles. The van der Waals surface area contributed by atoms with Crippen molar-refractivity contribution in [2.45, 2.75) is 27.7 Å². The van der Waals surface area contributed by atoms with E-state index in [0.717, 1.165) is 35.4 Å². The highest BCUT2D eigenvalue weighted by atomic mass is 35.5. The molecule has 0 saturated carbocycles. The van der Waals surface area contributed by atoms with Crippen LogP contribution >= 0.6 is 23.2 Å². The predicted molar refractivity (Wildman–Crippen MR) is 154 cm³/mol. The third-order valence-electron chi connectivity index (χ3n) is 6.52. The number of fused-ring (bicyclic) bond motifs is 1. The van der Waals surface area contributed by atoms with Gasteiger partial charge in [0.1, 0.15) is 16.8 Å². The zero-order valence-electron chi connectivity index (χ0n) is 21.5. The zero-order chi connectivity index (χ0) is 27.0. The van der Waals surface area contributed by atoms with Crippen LogP contribution in [-0.2, 0) is 0 Å². The van der Waals surface area contributed by atoms with Crippen LogP contribution in [-0.4, -0.2) is 34.0 Å². The number of rotatable bonds is 7. The number of anilines is 2. The van der Waals surface area contributed by atoms with Crippen LogP contribution in [0.5, 0.6) is 0 Å². The van der Waals surface area contributed by atoms with Crippen molar-refractivity contribution in [3.63, 3.8) is 0 Å². The lowest BCUT2D eigenvalue weighted by atomic mass is 10.1. The van der Waals surface area contributed by atoms with Crippen LogP contribution in [0.3, 0.4) is 0 Å². The number of carbonyl (C=O) groups is 1. The SMILES string of the molecule is CCN(CC)c1ccc(-n2nc3cc(C)c(NC(=O)c4ccc(-c5cc(Cl)ccc5Cl)o4)cc3n2)c(C)c1. The standard InChI is InChI=1S/C29H27Cl2N5O2/c1-5-35(6-2)20-8-10-26(18(4)13-20)36-33-24-14-17(3)23(16-25(24)34-36)32-29(37)28-12-11-27(38-28)21-15-19(30)7-9-22(21)31/h7-16H,5-6H2,1-4H3,(H,32,37). The fraction of sp³-hybridized carbons (Fsp3) is 0.207. The minimum absolute atomic E-state index is 0.156. The molecule has 0 fully saturated rings. The second-order valence-corrected chi connectivity index (χ2v) is 9.87. The zero-order valence-corrected chi connectivity index (χ0v) is 23.1. The van der Waals surface area contributed by atoms with Gasteiger partial charge in [0.15, 0.2) is 5.76 Å². The molecule has 1 amide bonds. The number of carbonyl (C=O) groups excluding carboxylic acids is 1. The lowest BCUT2D eigenvalue weighted by molar-refractivity contribution is 0.0997. The first-order chi connectivity index (χ1) is 18.3. The topological polar surface area (TPSA) is 76.2 Å². The van der Waals surface area contributed by atoms with Crippen LogP contribution in [0.1, 0.15) is 35.5 Å². The number of halogens is 2. The lowest BCUT2D eigenvalue weighted by Crippen LogP contribution is -2.21. The van der Waals surface area contributed by atoms with Gasteiger partial charge in [-0.15, -0.1) is 10.2 Å². The Kier molecular flexibility index (Phi) is 7.15. The molecule has 7 nitrogen and oxygen atoms in total. The van der Waals surface area contributed by atoms with E-state index in [2.05, 4.69) is 48.2 Å². The summed E-state index contributed by atoms with van der Waals surface area (Å²) in [5.74, 6) is 0.232. The number of hydrogen-bond acceptors (Lipinski definition) is 5. The molecule has 5 aromatic rings. The van der Waals surface area contributed by atoms with Gasteiger partial charge in [0, 0.05) is 35.1 Å². The van der Waals surface area contributed by atoms with Crippen molar-refractivity contribution in [2.75, 3.05) is 23.3 Å². The van der Waals surface area contributed by atoms with Gasteiger partial charge >= 0.3 is 0 Å². The normalized spacial score (nSPS) is 11.2. The fourth-order valence-electron chi connectivity index (χ4n) is 4.43. The van der Waals surface area contributed by atoms with Gasteiger partial charge < -0.3 is 14.6 Å². The highest BCUT2D eigenvalue weighted by Crippen LogP contribution is 2.32. The molecule has 2 aromatic heterocycles. The first kappa shape index (κ1) is 25.8. The summed E-state index contributed by atoms with van der Waals surface area (Å²) in [4.78, 5) is 16.9. The average molecular weight is 548 g/mol. The van der Waals surface area contributed by atoms with Gasteiger partial charge in [-0.1, -0.05) is 23.2 Å². The third-order valence-corrected chi connectivity index (χ3v) is 7.09. The Labute approximate surface area is 231 Å². The monoisotopic (exact) mass is 547 g/mol. The second-order valence-electron chi connectivity index (χ2n) is 9.03. The number of aryl methyl sites for hydroxylation is 2. The number of nitrogens with one attached hydrogen (secondary N) is 1. The quantitative estimate of drug-likeness (QED) is 0.226. The highest BCUT2D eigenvalue weighted by Gasteiger charge is 2.17.